The van der Waals surface area contributed by atoms with Crippen LogP contribution in [0.1, 0.15) is 18.1 Å². The zero-order valence-corrected chi connectivity index (χ0v) is 18.4. The van der Waals surface area contributed by atoms with Crippen molar-refractivity contribution in [1.82, 2.24) is 10.0 Å². The van der Waals surface area contributed by atoms with Gasteiger partial charge in [-0.15, -0.1) is 0 Å². The average Bonchev–Trinajstić information content (AvgIpc) is 2.93. The Morgan fingerprint density at radius 1 is 1.38 bits per heavy atom. The fraction of sp³-hybridized carbons (Fsp3) is 0.450. The number of ether oxygens (including phenoxy) is 2. The summed E-state index contributed by atoms with van der Waals surface area (Å²) in [5.41, 5.74) is 1.41. The molecule has 1 heterocycles. The molecule has 2 aliphatic rings. The minimum Gasteiger partial charge on any atom is -0.373 e. The molecular weight excluding hydrogens is 435 g/mol. The summed E-state index contributed by atoms with van der Waals surface area (Å²) in [7, 11) is -1.43. The highest BCUT2D eigenvalue weighted by atomic mass is 35.5. The predicted molar refractivity (Wildman–Crippen MR) is 115 cm³/mol. The first-order chi connectivity index (χ1) is 14.0. The van der Waals surface area contributed by atoms with Crippen molar-refractivity contribution in [1.29, 1.82) is 0 Å². The lowest BCUT2D eigenvalue weighted by molar-refractivity contribution is -0.117. The molecule has 0 spiro atoms. The van der Waals surface area contributed by atoms with Crippen LogP contribution in [-0.2, 0) is 25.3 Å². The van der Waals surface area contributed by atoms with Gasteiger partial charge < -0.3 is 14.8 Å². The molecule has 4 unspecified atom stereocenters. The topological polar surface area (TPSA) is 76.7 Å². The molecule has 4 atom stereocenters. The van der Waals surface area contributed by atoms with Gasteiger partial charge in [0.25, 0.3) is 5.91 Å². The number of hydrogen-bond donors (Lipinski definition) is 2. The van der Waals surface area contributed by atoms with Gasteiger partial charge in [0.05, 0.1) is 35.5 Å². The van der Waals surface area contributed by atoms with Gasteiger partial charge in [0.1, 0.15) is 11.0 Å². The van der Waals surface area contributed by atoms with Crippen LogP contribution in [0.15, 0.2) is 42.0 Å². The molecule has 1 aliphatic carbocycles. The Kier molecular flexibility index (Phi) is 8.29. The van der Waals surface area contributed by atoms with Crippen LogP contribution in [0.3, 0.4) is 0 Å². The van der Waals surface area contributed by atoms with E-state index < -0.39 is 17.1 Å². The van der Waals surface area contributed by atoms with E-state index in [1.54, 1.807) is 12.1 Å². The third-order valence-corrected chi connectivity index (χ3v) is 6.01. The number of carbonyl (C=O) groups excluding carboxylic acids is 1. The number of rotatable bonds is 6. The molecule has 1 aromatic rings. The molecule has 0 aromatic heterocycles. The van der Waals surface area contributed by atoms with Gasteiger partial charge >= 0.3 is 0 Å². The van der Waals surface area contributed by atoms with Gasteiger partial charge in [-0.25, -0.2) is 4.21 Å². The molecule has 9 heteroatoms. The van der Waals surface area contributed by atoms with Gasteiger partial charge in [0.15, 0.2) is 0 Å². The van der Waals surface area contributed by atoms with Gasteiger partial charge in [-0.1, -0.05) is 47.5 Å². The first kappa shape index (κ1) is 22.5. The van der Waals surface area contributed by atoms with E-state index >= 15 is 0 Å². The van der Waals surface area contributed by atoms with E-state index in [0.29, 0.717) is 41.8 Å². The Bertz CT molecular complexity index is 831. The molecule has 1 aliphatic heterocycles. The van der Waals surface area contributed by atoms with Crippen molar-refractivity contribution in [2.45, 2.75) is 18.6 Å². The van der Waals surface area contributed by atoms with Crippen LogP contribution in [-0.4, -0.2) is 48.8 Å². The van der Waals surface area contributed by atoms with Crippen molar-refractivity contribution in [3.05, 3.63) is 57.6 Å². The minimum absolute atomic E-state index is 0.0188. The molecule has 0 saturated carbocycles. The summed E-state index contributed by atoms with van der Waals surface area (Å²) in [5.74, 6) is -0.360. The normalized spacial score (nSPS) is 25.8. The Morgan fingerprint density at radius 3 is 2.97 bits per heavy atom. The van der Waals surface area contributed by atoms with Crippen molar-refractivity contribution in [3.63, 3.8) is 0 Å². The van der Waals surface area contributed by atoms with Gasteiger partial charge in [0, 0.05) is 30.8 Å². The number of amides is 1. The minimum atomic E-state index is -1.43. The number of nitrogens with one attached hydrogen (secondary N) is 2. The van der Waals surface area contributed by atoms with Crippen molar-refractivity contribution in [3.8, 4) is 0 Å². The Morgan fingerprint density at radius 2 is 2.21 bits per heavy atom. The predicted octanol–water partition coefficient (Wildman–Crippen LogP) is 2.95. The fourth-order valence-corrected chi connectivity index (χ4v) is 4.10. The maximum atomic E-state index is 12.3. The van der Waals surface area contributed by atoms with Crippen LogP contribution in [0.25, 0.3) is 0 Å². The number of hydrogen-bond acceptors (Lipinski definition) is 5. The molecular formula is C20H24Cl2N2O4S. The third-order valence-electron chi connectivity index (χ3n) is 4.80. The van der Waals surface area contributed by atoms with E-state index in [9.17, 15) is 9.00 Å². The Balaban J connectivity index is 1.71. The maximum Gasteiger partial charge on any atom is 0.261 e. The molecule has 0 radical (unpaired) electrons. The highest BCUT2D eigenvalue weighted by Crippen LogP contribution is 2.33. The van der Waals surface area contributed by atoms with Crippen LogP contribution in [0.2, 0.25) is 10.0 Å². The summed E-state index contributed by atoms with van der Waals surface area (Å²) >= 11 is 12.2. The van der Waals surface area contributed by atoms with Crippen molar-refractivity contribution >= 4 is 40.1 Å². The fourth-order valence-electron chi connectivity index (χ4n) is 3.41. The SMILES string of the molecule is CS(=O)NC(=O)C1=CC=CCC1OCC1CNCCOC1c1ccc(Cl)c(Cl)c1. The van der Waals surface area contributed by atoms with Gasteiger partial charge in [0.2, 0.25) is 0 Å². The van der Waals surface area contributed by atoms with E-state index in [4.69, 9.17) is 32.7 Å². The summed E-state index contributed by atoms with van der Waals surface area (Å²) < 4.78 is 26.0. The molecule has 1 amide bonds. The van der Waals surface area contributed by atoms with Crippen molar-refractivity contribution in [2.24, 2.45) is 5.92 Å². The van der Waals surface area contributed by atoms with Crippen LogP contribution in [0.5, 0.6) is 0 Å². The average molecular weight is 459 g/mol. The molecule has 1 fully saturated rings. The molecule has 29 heavy (non-hydrogen) atoms. The largest absolute Gasteiger partial charge is 0.373 e. The van der Waals surface area contributed by atoms with E-state index in [0.717, 1.165) is 12.1 Å². The highest BCUT2D eigenvalue weighted by molar-refractivity contribution is 7.82. The molecule has 1 saturated heterocycles. The van der Waals surface area contributed by atoms with Crippen LogP contribution in [0, 0.1) is 5.92 Å². The second-order valence-corrected chi connectivity index (χ2v) is 8.85. The molecule has 158 valence electrons. The smallest absolute Gasteiger partial charge is 0.261 e. The molecule has 1 aromatic carbocycles. The molecule has 0 bridgehead atoms. The highest BCUT2D eigenvalue weighted by Gasteiger charge is 2.30. The summed E-state index contributed by atoms with van der Waals surface area (Å²) in [5, 5.41) is 4.34. The molecule has 2 N–H and O–H groups in total. The molecule has 6 nitrogen and oxygen atoms in total. The first-order valence-corrected chi connectivity index (χ1v) is 11.7. The Hall–Kier alpha value is -1.22. The zero-order chi connectivity index (χ0) is 20.8. The lowest BCUT2D eigenvalue weighted by Crippen LogP contribution is -2.35. The van der Waals surface area contributed by atoms with E-state index in [2.05, 4.69) is 10.0 Å². The maximum absolute atomic E-state index is 12.3. The van der Waals surface area contributed by atoms with Crippen LogP contribution in [0.4, 0.5) is 0 Å². The number of allylic oxidation sites excluding steroid dienone is 2. The lowest BCUT2D eigenvalue weighted by Gasteiger charge is -2.28. The Labute approximate surface area is 183 Å². The van der Waals surface area contributed by atoms with E-state index in [1.807, 2.05) is 24.3 Å². The monoisotopic (exact) mass is 458 g/mol. The van der Waals surface area contributed by atoms with E-state index in [1.165, 1.54) is 6.26 Å². The van der Waals surface area contributed by atoms with E-state index in [-0.39, 0.29) is 17.9 Å². The standard InChI is InChI=1S/C20H24Cl2N2O4S/c1-29(26)24-20(25)15-4-2-3-5-18(15)28-12-14-11-23-8-9-27-19(14)13-6-7-16(21)17(22)10-13/h2-4,6-7,10,14,18-19,23H,5,8-9,11-12H2,1H3,(H,24,25). The number of halogens is 2. The van der Waals surface area contributed by atoms with Gasteiger partial charge in [-0.05, 0) is 24.1 Å². The molecule has 3 rings (SSSR count). The van der Waals surface area contributed by atoms with Crippen molar-refractivity contribution in [2.75, 3.05) is 32.6 Å². The first-order valence-electron chi connectivity index (χ1n) is 9.35. The lowest BCUT2D eigenvalue weighted by atomic mass is 9.95. The third kappa shape index (κ3) is 6.13. The summed E-state index contributed by atoms with van der Waals surface area (Å²) in [6, 6.07) is 5.50. The summed E-state index contributed by atoms with van der Waals surface area (Å²) in [6.45, 7) is 2.41. The number of carbonyl (C=O) groups is 1. The summed E-state index contributed by atoms with van der Waals surface area (Å²) in [4.78, 5) is 12.3. The van der Waals surface area contributed by atoms with Gasteiger partial charge in [-0.2, -0.15) is 0 Å². The van der Waals surface area contributed by atoms with Crippen LogP contribution < -0.4 is 10.0 Å². The second-order valence-electron chi connectivity index (χ2n) is 6.92. The zero-order valence-electron chi connectivity index (χ0n) is 16.0. The summed E-state index contributed by atoms with van der Waals surface area (Å²) in [6.07, 6.45) is 6.85. The van der Waals surface area contributed by atoms with Crippen LogP contribution >= 0.6 is 23.2 Å². The van der Waals surface area contributed by atoms with Crippen molar-refractivity contribution < 1.29 is 18.5 Å². The quantitative estimate of drug-likeness (QED) is 0.684. The number of benzene rings is 1. The van der Waals surface area contributed by atoms with Gasteiger partial charge in [-0.3, -0.25) is 9.52 Å². The second kappa shape index (κ2) is 10.7.